The summed E-state index contributed by atoms with van der Waals surface area (Å²) in [5.74, 6) is -1.27. The second-order valence-electron chi connectivity index (χ2n) is 3.24. The predicted octanol–water partition coefficient (Wildman–Crippen LogP) is 1.82. The summed E-state index contributed by atoms with van der Waals surface area (Å²) in [7, 11) is 0. The van der Waals surface area contributed by atoms with Crippen molar-refractivity contribution < 1.29 is 9.90 Å². The van der Waals surface area contributed by atoms with Gasteiger partial charge in [-0.25, -0.2) is 0 Å². The van der Waals surface area contributed by atoms with Crippen LogP contribution in [0.1, 0.15) is 19.5 Å². The fourth-order valence-corrected chi connectivity index (χ4v) is 1.41. The number of rotatable bonds is 4. The molecule has 0 saturated heterocycles. The Balaban J connectivity index is 2.72. The van der Waals surface area contributed by atoms with E-state index in [1.54, 1.807) is 17.8 Å². The summed E-state index contributed by atoms with van der Waals surface area (Å²) in [6.45, 7) is 3.96. The van der Waals surface area contributed by atoms with Crippen LogP contribution in [0.5, 0.6) is 0 Å². The molecule has 4 nitrogen and oxygen atoms in total. The molecule has 1 atom stereocenters. The van der Waals surface area contributed by atoms with Gasteiger partial charge in [0.15, 0.2) is 0 Å². The van der Waals surface area contributed by atoms with E-state index in [0.29, 0.717) is 11.6 Å². The highest BCUT2D eigenvalue weighted by Gasteiger charge is 2.13. The van der Waals surface area contributed by atoms with Gasteiger partial charge >= 0.3 is 5.97 Å². The van der Waals surface area contributed by atoms with Crippen molar-refractivity contribution in [3.05, 3.63) is 16.9 Å². The zero-order valence-corrected chi connectivity index (χ0v) is 8.95. The summed E-state index contributed by atoms with van der Waals surface area (Å²) in [6.07, 6.45) is 2.42. The molecule has 0 aliphatic heterocycles. The third-order valence-electron chi connectivity index (χ3n) is 2.00. The predicted molar refractivity (Wildman–Crippen MR) is 53.4 cm³/mol. The van der Waals surface area contributed by atoms with Crippen LogP contribution in [0.3, 0.4) is 0 Å². The van der Waals surface area contributed by atoms with Gasteiger partial charge in [-0.05, 0) is 6.42 Å². The van der Waals surface area contributed by atoms with Gasteiger partial charge in [0.2, 0.25) is 0 Å². The Bertz CT molecular complexity index is 336. The average molecular weight is 217 g/mol. The van der Waals surface area contributed by atoms with Crippen LogP contribution in [0.15, 0.2) is 6.20 Å². The first-order valence-corrected chi connectivity index (χ1v) is 4.87. The number of aryl methyl sites for hydroxylation is 1. The number of aromatic nitrogens is 2. The molecular formula is C9H13ClN2O2. The molecule has 1 aromatic heterocycles. The number of carboxylic acid groups (broad SMARTS) is 1. The topological polar surface area (TPSA) is 55.1 Å². The SMILES string of the molecule is CCc1nn(CC(C)C(=O)O)cc1Cl. The van der Waals surface area contributed by atoms with Gasteiger partial charge in [0.05, 0.1) is 23.2 Å². The number of hydrogen-bond donors (Lipinski definition) is 1. The van der Waals surface area contributed by atoms with Crippen molar-refractivity contribution in [2.75, 3.05) is 0 Å². The van der Waals surface area contributed by atoms with Crippen LogP contribution in [0.2, 0.25) is 5.02 Å². The highest BCUT2D eigenvalue weighted by atomic mass is 35.5. The molecule has 0 saturated carbocycles. The van der Waals surface area contributed by atoms with E-state index in [4.69, 9.17) is 16.7 Å². The first kappa shape index (κ1) is 11.0. The van der Waals surface area contributed by atoms with Gasteiger partial charge in [0, 0.05) is 6.20 Å². The Hall–Kier alpha value is -1.03. The van der Waals surface area contributed by atoms with Crippen LogP contribution in [0.25, 0.3) is 0 Å². The number of aliphatic carboxylic acids is 1. The van der Waals surface area contributed by atoms with Crippen LogP contribution in [0.4, 0.5) is 0 Å². The van der Waals surface area contributed by atoms with Crippen molar-refractivity contribution in [1.29, 1.82) is 0 Å². The molecule has 1 aromatic rings. The lowest BCUT2D eigenvalue weighted by molar-refractivity contribution is -0.141. The average Bonchev–Trinajstić information content (AvgIpc) is 2.45. The monoisotopic (exact) mass is 216 g/mol. The summed E-state index contributed by atoms with van der Waals surface area (Å²) in [5.41, 5.74) is 0.809. The second kappa shape index (κ2) is 4.46. The molecule has 1 rings (SSSR count). The summed E-state index contributed by atoms with van der Waals surface area (Å²) in [5, 5.41) is 13.5. The molecule has 0 aromatic carbocycles. The Kier molecular flexibility index (Phi) is 3.52. The van der Waals surface area contributed by atoms with E-state index < -0.39 is 11.9 Å². The quantitative estimate of drug-likeness (QED) is 0.835. The van der Waals surface area contributed by atoms with Crippen molar-refractivity contribution in [3.63, 3.8) is 0 Å². The van der Waals surface area contributed by atoms with Crippen LogP contribution in [0, 0.1) is 5.92 Å². The maximum atomic E-state index is 10.6. The van der Waals surface area contributed by atoms with Gasteiger partial charge in [-0.2, -0.15) is 5.10 Å². The summed E-state index contributed by atoms with van der Waals surface area (Å²) < 4.78 is 1.58. The molecular weight excluding hydrogens is 204 g/mol. The van der Waals surface area contributed by atoms with Crippen molar-refractivity contribution >= 4 is 17.6 Å². The fourth-order valence-electron chi connectivity index (χ4n) is 1.13. The second-order valence-corrected chi connectivity index (χ2v) is 3.65. The molecule has 0 radical (unpaired) electrons. The standard InChI is InChI=1S/C9H13ClN2O2/c1-3-8-7(10)5-12(11-8)4-6(2)9(13)14/h5-6H,3-4H2,1-2H3,(H,13,14). The molecule has 1 heterocycles. The molecule has 0 aliphatic carbocycles. The maximum absolute atomic E-state index is 10.6. The van der Waals surface area contributed by atoms with Crippen molar-refractivity contribution in [2.24, 2.45) is 5.92 Å². The third-order valence-corrected chi connectivity index (χ3v) is 2.32. The molecule has 0 fully saturated rings. The van der Waals surface area contributed by atoms with Crippen LogP contribution in [-0.4, -0.2) is 20.9 Å². The van der Waals surface area contributed by atoms with Gasteiger partial charge in [0.25, 0.3) is 0 Å². The maximum Gasteiger partial charge on any atom is 0.308 e. The third kappa shape index (κ3) is 2.48. The highest BCUT2D eigenvalue weighted by Crippen LogP contribution is 2.15. The minimum Gasteiger partial charge on any atom is -0.481 e. The molecule has 1 N–H and O–H groups in total. The molecule has 0 spiro atoms. The lowest BCUT2D eigenvalue weighted by Crippen LogP contribution is -2.17. The molecule has 78 valence electrons. The van der Waals surface area contributed by atoms with Crippen LogP contribution in [-0.2, 0) is 17.8 Å². The van der Waals surface area contributed by atoms with E-state index in [1.165, 1.54) is 0 Å². The van der Waals surface area contributed by atoms with Gasteiger partial charge in [0.1, 0.15) is 0 Å². The van der Waals surface area contributed by atoms with Gasteiger partial charge in [-0.15, -0.1) is 0 Å². The minimum atomic E-state index is -0.824. The van der Waals surface area contributed by atoms with Crippen molar-refractivity contribution in [1.82, 2.24) is 9.78 Å². The number of nitrogens with zero attached hydrogens (tertiary/aromatic N) is 2. The Labute approximate surface area is 87.5 Å². The normalized spacial score (nSPS) is 12.8. The zero-order chi connectivity index (χ0) is 10.7. The van der Waals surface area contributed by atoms with E-state index in [2.05, 4.69) is 5.10 Å². The van der Waals surface area contributed by atoms with Crippen molar-refractivity contribution in [3.8, 4) is 0 Å². The Morgan fingerprint density at radius 1 is 1.79 bits per heavy atom. The minimum absolute atomic E-state index is 0.356. The smallest absolute Gasteiger partial charge is 0.308 e. The Morgan fingerprint density at radius 3 is 2.86 bits per heavy atom. The van der Waals surface area contributed by atoms with Crippen LogP contribution >= 0.6 is 11.6 Å². The van der Waals surface area contributed by atoms with E-state index in [9.17, 15) is 4.79 Å². The highest BCUT2D eigenvalue weighted by molar-refractivity contribution is 6.31. The number of carbonyl (C=O) groups is 1. The molecule has 0 aliphatic rings. The molecule has 14 heavy (non-hydrogen) atoms. The molecule has 5 heteroatoms. The lowest BCUT2D eigenvalue weighted by Gasteiger charge is -2.05. The van der Waals surface area contributed by atoms with E-state index >= 15 is 0 Å². The number of halogens is 1. The van der Waals surface area contributed by atoms with Crippen molar-refractivity contribution in [2.45, 2.75) is 26.8 Å². The Morgan fingerprint density at radius 2 is 2.43 bits per heavy atom. The van der Waals surface area contributed by atoms with Gasteiger partial charge in [-0.1, -0.05) is 25.4 Å². The summed E-state index contributed by atoms with van der Waals surface area (Å²) in [4.78, 5) is 10.6. The van der Waals surface area contributed by atoms with Crippen LogP contribution < -0.4 is 0 Å². The molecule has 0 bridgehead atoms. The largest absolute Gasteiger partial charge is 0.481 e. The first-order chi connectivity index (χ1) is 6.54. The zero-order valence-electron chi connectivity index (χ0n) is 8.20. The van der Waals surface area contributed by atoms with Gasteiger partial charge < -0.3 is 5.11 Å². The molecule has 0 amide bonds. The summed E-state index contributed by atoms with van der Waals surface area (Å²) in [6, 6.07) is 0. The van der Waals surface area contributed by atoms with E-state index in [-0.39, 0.29) is 0 Å². The fraction of sp³-hybridized carbons (Fsp3) is 0.556. The lowest BCUT2D eigenvalue weighted by atomic mass is 10.2. The van der Waals surface area contributed by atoms with Gasteiger partial charge in [-0.3, -0.25) is 9.48 Å². The number of carboxylic acids is 1. The van der Waals surface area contributed by atoms with E-state index in [0.717, 1.165) is 12.1 Å². The summed E-state index contributed by atoms with van der Waals surface area (Å²) >= 11 is 5.88. The molecule has 1 unspecified atom stereocenters. The first-order valence-electron chi connectivity index (χ1n) is 4.49. The van der Waals surface area contributed by atoms with E-state index in [1.807, 2.05) is 6.92 Å². The number of hydrogen-bond acceptors (Lipinski definition) is 2.